The van der Waals surface area contributed by atoms with Gasteiger partial charge in [0, 0.05) is 18.0 Å². The maximum absolute atomic E-state index is 12.4. The quantitative estimate of drug-likeness (QED) is 0.838. The summed E-state index contributed by atoms with van der Waals surface area (Å²) in [7, 11) is 1.61. The molecule has 1 saturated carbocycles. The molecular weight excluding hydrogens is 314 g/mol. The Hall–Kier alpha value is -1.69. The predicted octanol–water partition coefficient (Wildman–Crippen LogP) is 2.50. The lowest BCUT2D eigenvalue weighted by atomic mass is 9.81. The topological polar surface area (TPSA) is 66.8 Å². The number of hydrogen-bond acceptors (Lipinski definition) is 4. The molecule has 1 heterocycles. The summed E-state index contributed by atoms with van der Waals surface area (Å²) in [6.07, 6.45) is 2.57. The summed E-state index contributed by atoms with van der Waals surface area (Å²) in [6, 6.07) is 7.60. The molecule has 1 saturated heterocycles. The van der Waals surface area contributed by atoms with Crippen molar-refractivity contribution in [1.29, 1.82) is 0 Å². The number of carboxylic acids is 1. The molecule has 6 heteroatoms. The average Bonchev–Trinajstić information content (AvgIpc) is 3.11. The van der Waals surface area contributed by atoms with E-state index in [4.69, 9.17) is 4.74 Å². The Balaban J connectivity index is 1.60. The molecule has 1 aliphatic carbocycles. The van der Waals surface area contributed by atoms with Crippen molar-refractivity contribution in [3.8, 4) is 5.75 Å². The molecule has 1 amide bonds. The van der Waals surface area contributed by atoms with Gasteiger partial charge < -0.3 is 14.7 Å². The minimum absolute atomic E-state index is 0.0212. The first-order valence-electron chi connectivity index (χ1n) is 7.83. The number of likely N-dealkylation sites (tertiary alicyclic amines) is 1. The van der Waals surface area contributed by atoms with Crippen molar-refractivity contribution in [3.05, 3.63) is 24.3 Å². The van der Waals surface area contributed by atoms with Crippen molar-refractivity contribution < 1.29 is 19.4 Å². The van der Waals surface area contributed by atoms with Crippen LogP contribution < -0.4 is 4.74 Å². The number of amides is 1. The van der Waals surface area contributed by atoms with Crippen molar-refractivity contribution in [2.24, 2.45) is 11.3 Å². The molecule has 23 heavy (non-hydrogen) atoms. The lowest BCUT2D eigenvalue weighted by molar-refractivity contribution is -0.149. The summed E-state index contributed by atoms with van der Waals surface area (Å²) >= 11 is 1.46. The van der Waals surface area contributed by atoms with Crippen LogP contribution in [0.3, 0.4) is 0 Å². The van der Waals surface area contributed by atoms with E-state index in [0.29, 0.717) is 25.3 Å². The Morgan fingerprint density at radius 3 is 3.00 bits per heavy atom. The monoisotopic (exact) mass is 335 g/mol. The second-order valence-electron chi connectivity index (χ2n) is 6.29. The predicted molar refractivity (Wildman–Crippen MR) is 87.7 cm³/mol. The smallest absolute Gasteiger partial charge is 0.311 e. The zero-order valence-electron chi connectivity index (χ0n) is 13.2. The summed E-state index contributed by atoms with van der Waals surface area (Å²) in [5, 5.41) is 9.58. The van der Waals surface area contributed by atoms with Crippen molar-refractivity contribution in [2.45, 2.75) is 24.2 Å². The van der Waals surface area contributed by atoms with E-state index in [1.165, 1.54) is 11.8 Å². The fourth-order valence-electron chi connectivity index (χ4n) is 3.76. The highest BCUT2D eigenvalue weighted by molar-refractivity contribution is 8.00. The third kappa shape index (κ3) is 3.04. The van der Waals surface area contributed by atoms with E-state index < -0.39 is 11.4 Å². The average molecular weight is 335 g/mol. The van der Waals surface area contributed by atoms with Gasteiger partial charge in [0.1, 0.15) is 5.75 Å². The molecule has 2 aliphatic rings. The summed E-state index contributed by atoms with van der Waals surface area (Å²) in [5.41, 5.74) is -0.698. The van der Waals surface area contributed by atoms with Crippen LogP contribution in [0.4, 0.5) is 0 Å². The molecule has 0 bridgehead atoms. The maximum atomic E-state index is 12.4. The molecule has 2 atom stereocenters. The molecular formula is C17H21NO4S. The summed E-state index contributed by atoms with van der Waals surface area (Å²) in [5.74, 6) is 0.493. The fraction of sp³-hybridized carbons (Fsp3) is 0.529. The first kappa shape index (κ1) is 16.2. The minimum Gasteiger partial charge on any atom is -0.497 e. The van der Waals surface area contributed by atoms with Gasteiger partial charge in [-0.1, -0.05) is 12.5 Å². The first-order valence-corrected chi connectivity index (χ1v) is 8.82. The molecule has 2 fully saturated rings. The minimum atomic E-state index is -0.740. The van der Waals surface area contributed by atoms with Crippen molar-refractivity contribution >= 4 is 23.6 Å². The number of fused-ring (bicyclic) bond motifs is 1. The van der Waals surface area contributed by atoms with E-state index in [1.54, 1.807) is 12.0 Å². The normalized spacial score (nSPS) is 26.1. The third-order valence-corrected chi connectivity index (χ3v) is 6.03. The summed E-state index contributed by atoms with van der Waals surface area (Å²) < 4.78 is 5.18. The number of aliphatic carboxylic acids is 1. The lowest BCUT2D eigenvalue weighted by Crippen LogP contribution is -2.37. The third-order valence-electron chi connectivity index (χ3n) is 5.05. The molecule has 1 aromatic carbocycles. The molecule has 0 aromatic heterocycles. The van der Waals surface area contributed by atoms with Gasteiger partial charge >= 0.3 is 5.97 Å². The fourth-order valence-corrected chi connectivity index (χ4v) is 4.60. The Morgan fingerprint density at radius 1 is 1.48 bits per heavy atom. The van der Waals surface area contributed by atoms with Crippen molar-refractivity contribution in [1.82, 2.24) is 4.90 Å². The van der Waals surface area contributed by atoms with Gasteiger partial charge in [-0.15, -0.1) is 11.8 Å². The Kier molecular flexibility index (Phi) is 4.53. The van der Waals surface area contributed by atoms with Crippen LogP contribution in [0.25, 0.3) is 0 Å². The maximum Gasteiger partial charge on any atom is 0.311 e. The molecule has 1 aromatic rings. The number of carbonyl (C=O) groups excluding carboxylic acids is 1. The Morgan fingerprint density at radius 2 is 2.30 bits per heavy atom. The van der Waals surface area contributed by atoms with E-state index in [-0.39, 0.29) is 11.8 Å². The second-order valence-corrected chi connectivity index (χ2v) is 7.34. The highest BCUT2D eigenvalue weighted by Gasteiger charge is 2.55. The largest absolute Gasteiger partial charge is 0.497 e. The SMILES string of the molecule is COc1cccc(SCC(=O)N2C[C@@H]3CCC[C@@]3(C(=O)O)C2)c1. The molecule has 0 spiro atoms. The number of methoxy groups -OCH3 is 1. The first-order chi connectivity index (χ1) is 11.0. The van der Waals surface area contributed by atoms with Gasteiger partial charge in [-0.3, -0.25) is 9.59 Å². The number of rotatable bonds is 5. The number of thioether (sulfide) groups is 1. The van der Waals surface area contributed by atoms with Crippen LogP contribution >= 0.6 is 11.8 Å². The number of carboxylic acid groups (broad SMARTS) is 1. The van der Waals surface area contributed by atoms with Crippen molar-refractivity contribution in [2.75, 3.05) is 26.0 Å². The number of nitrogens with zero attached hydrogens (tertiary/aromatic N) is 1. The van der Waals surface area contributed by atoms with Crippen LogP contribution in [0, 0.1) is 11.3 Å². The number of carbonyl (C=O) groups is 2. The highest BCUT2D eigenvalue weighted by Crippen LogP contribution is 2.49. The van der Waals surface area contributed by atoms with Crippen LogP contribution in [0.5, 0.6) is 5.75 Å². The Bertz CT molecular complexity index is 620. The van der Waals surface area contributed by atoms with Gasteiger partial charge in [0.15, 0.2) is 0 Å². The molecule has 5 nitrogen and oxygen atoms in total. The van der Waals surface area contributed by atoms with Gasteiger partial charge in [-0.05, 0) is 37.0 Å². The lowest BCUT2D eigenvalue weighted by Gasteiger charge is -2.23. The van der Waals surface area contributed by atoms with Gasteiger partial charge in [-0.25, -0.2) is 0 Å². The molecule has 124 valence electrons. The summed E-state index contributed by atoms with van der Waals surface area (Å²) in [4.78, 5) is 26.8. The summed E-state index contributed by atoms with van der Waals surface area (Å²) in [6.45, 7) is 0.953. The van der Waals surface area contributed by atoms with Crippen LogP contribution in [-0.2, 0) is 9.59 Å². The van der Waals surface area contributed by atoms with Gasteiger partial charge in [0.25, 0.3) is 0 Å². The highest BCUT2D eigenvalue weighted by atomic mass is 32.2. The van der Waals surface area contributed by atoms with E-state index in [1.807, 2.05) is 24.3 Å². The molecule has 3 rings (SSSR count). The number of benzene rings is 1. The zero-order valence-corrected chi connectivity index (χ0v) is 14.0. The van der Waals surface area contributed by atoms with Crippen LogP contribution in [0.15, 0.2) is 29.2 Å². The van der Waals surface area contributed by atoms with Gasteiger partial charge in [0.05, 0.1) is 18.3 Å². The van der Waals surface area contributed by atoms with E-state index >= 15 is 0 Å². The molecule has 0 radical (unpaired) electrons. The van der Waals surface area contributed by atoms with E-state index in [0.717, 1.165) is 23.5 Å². The molecule has 1 N–H and O–H groups in total. The van der Waals surface area contributed by atoms with Gasteiger partial charge in [0.2, 0.25) is 5.91 Å². The number of hydrogen-bond donors (Lipinski definition) is 1. The standard InChI is InChI=1S/C17H21NO4S/c1-22-13-5-2-6-14(8-13)23-10-15(19)18-9-12-4-3-7-17(12,11-18)16(20)21/h2,5-6,8,12H,3-4,7,9-11H2,1H3,(H,20,21)/t12-,17+/m0/s1. The molecule has 0 unspecified atom stereocenters. The molecule has 1 aliphatic heterocycles. The van der Waals surface area contributed by atoms with Crippen LogP contribution in [0.2, 0.25) is 0 Å². The Labute approximate surface area is 140 Å². The van der Waals surface area contributed by atoms with Crippen LogP contribution in [0.1, 0.15) is 19.3 Å². The van der Waals surface area contributed by atoms with Gasteiger partial charge in [-0.2, -0.15) is 0 Å². The zero-order chi connectivity index (χ0) is 16.4. The van der Waals surface area contributed by atoms with Crippen molar-refractivity contribution in [3.63, 3.8) is 0 Å². The van der Waals surface area contributed by atoms with Crippen LogP contribution in [-0.4, -0.2) is 47.8 Å². The number of ether oxygens (including phenoxy) is 1. The second kappa shape index (κ2) is 6.43. The van der Waals surface area contributed by atoms with E-state index in [9.17, 15) is 14.7 Å². The van der Waals surface area contributed by atoms with E-state index in [2.05, 4.69) is 0 Å².